The van der Waals surface area contributed by atoms with Crippen LogP contribution in [0.25, 0.3) is 0 Å². The maximum Gasteiger partial charge on any atom is 0.338 e. The molecule has 0 fully saturated rings. The maximum absolute atomic E-state index is 12.1. The van der Waals surface area contributed by atoms with Crippen LogP contribution in [0.1, 0.15) is 16.8 Å². The van der Waals surface area contributed by atoms with Gasteiger partial charge in [-0.15, -0.1) is 0 Å². The molecular formula is C21H20O5. The summed E-state index contributed by atoms with van der Waals surface area (Å²) < 4.78 is 16.3. The van der Waals surface area contributed by atoms with Crippen molar-refractivity contribution in [2.75, 3.05) is 13.7 Å². The van der Waals surface area contributed by atoms with Gasteiger partial charge in [0, 0.05) is 6.42 Å². The Morgan fingerprint density at radius 1 is 1.08 bits per heavy atom. The summed E-state index contributed by atoms with van der Waals surface area (Å²) in [6.07, 6.45) is 6.05. The van der Waals surface area contributed by atoms with Crippen LogP contribution in [0.2, 0.25) is 0 Å². The van der Waals surface area contributed by atoms with Gasteiger partial charge in [-0.2, -0.15) is 0 Å². The van der Waals surface area contributed by atoms with E-state index in [0.29, 0.717) is 18.6 Å². The fourth-order valence-corrected chi connectivity index (χ4v) is 2.48. The monoisotopic (exact) mass is 352 g/mol. The number of aromatic hydroxyl groups is 1. The van der Waals surface area contributed by atoms with Crippen molar-refractivity contribution in [1.29, 1.82) is 0 Å². The number of methoxy groups -OCH3 is 1. The fourth-order valence-electron chi connectivity index (χ4n) is 2.48. The Morgan fingerprint density at radius 3 is 2.38 bits per heavy atom. The molecule has 0 heterocycles. The second-order valence-corrected chi connectivity index (χ2v) is 5.83. The smallest absolute Gasteiger partial charge is 0.338 e. The Hall–Kier alpha value is -3.21. The number of esters is 1. The average Bonchev–Trinajstić information content (AvgIpc) is 2.68. The van der Waals surface area contributed by atoms with Gasteiger partial charge < -0.3 is 19.3 Å². The van der Waals surface area contributed by atoms with E-state index >= 15 is 0 Å². The first-order valence-corrected chi connectivity index (χ1v) is 8.28. The fraction of sp³-hybridized carbons (Fsp3) is 0.190. The number of benzene rings is 2. The van der Waals surface area contributed by atoms with Crippen LogP contribution >= 0.6 is 0 Å². The Kier molecular flexibility index (Phi) is 5.59. The summed E-state index contributed by atoms with van der Waals surface area (Å²) in [5.74, 6) is 1.25. The van der Waals surface area contributed by atoms with Gasteiger partial charge in [-0.05, 0) is 60.2 Å². The van der Waals surface area contributed by atoms with Gasteiger partial charge in [0.15, 0.2) is 0 Å². The highest BCUT2D eigenvalue weighted by Crippen LogP contribution is 2.20. The summed E-state index contributed by atoms with van der Waals surface area (Å²) in [6.45, 7) is 0.446. The van der Waals surface area contributed by atoms with Gasteiger partial charge in [0.1, 0.15) is 30.0 Å². The van der Waals surface area contributed by atoms with Gasteiger partial charge in [0.25, 0.3) is 0 Å². The van der Waals surface area contributed by atoms with Gasteiger partial charge in [-0.25, -0.2) is 4.79 Å². The Labute approximate surface area is 152 Å². The summed E-state index contributed by atoms with van der Waals surface area (Å²) in [5, 5.41) is 9.26. The van der Waals surface area contributed by atoms with Gasteiger partial charge in [-0.3, -0.25) is 0 Å². The molecule has 1 aliphatic carbocycles. The topological polar surface area (TPSA) is 65.0 Å². The van der Waals surface area contributed by atoms with Crippen molar-refractivity contribution in [1.82, 2.24) is 0 Å². The molecule has 5 nitrogen and oxygen atoms in total. The second-order valence-electron chi connectivity index (χ2n) is 5.83. The number of rotatable bonds is 6. The largest absolute Gasteiger partial charge is 0.508 e. The van der Waals surface area contributed by atoms with Gasteiger partial charge in [-0.1, -0.05) is 12.2 Å². The maximum atomic E-state index is 12.1. The zero-order valence-electron chi connectivity index (χ0n) is 14.4. The highest BCUT2D eigenvalue weighted by atomic mass is 16.5. The first-order valence-electron chi connectivity index (χ1n) is 8.28. The molecule has 0 aromatic heterocycles. The summed E-state index contributed by atoms with van der Waals surface area (Å²) in [6, 6.07) is 13.4. The van der Waals surface area contributed by atoms with E-state index in [0.717, 1.165) is 17.1 Å². The third kappa shape index (κ3) is 4.66. The SMILES string of the molecule is COc1ccc(OCC2=CCC(OC(=O)c3ccc(O)cc3)C=C2)cc1. The highest BCUT2D eigenvalue weighted by molar-refractivity contribution is 5.89. The molecule has 5 heteroatoms. The van der Waals surface area contributed by atoms with Crippen LogP contribution in [0.4, 0.5) is 0 Å². The summed E-state index contributed by atoms with van der Waals surface area (Å²) in [4.78, 5) is 12.1. The van der Waals surface area contributed by atoms with Crippen molar-refractivity contribution >= 4 is 5.97 Å². The molecular weight excluding hydrogens is 332 g/mol. The van der Waals surface area contributed by atoms with Crippen LogP contribution in [0.15, 0.2) is 72.3 Å². The van der Waals surface area contributed by atoms with Crippen molar-refractivity contribution in [3.63, 3.8) is 0 Å². The number of phenols is 1. The Balaban J connectivity index is 1.48. The molecule has 3 rings (SSSR count). The molecule has 2 aromatic carbocycles. The molecule has 0 bridgehead atoms. The third-order valence-electron chi connectivity index (χ3n) is 3.96. The van der Waals surface area contributed by atoms with Gasteiger partial charge in [0.2, 0.25) is 0 Å². The lowest BCUT2D eigenvalue weighted by Gasteiger charge is -2.17. The van der Waals surface area contributed by atoms with E-state index in [1.54, 1.807) is 7.11 Å². The molecule has 1 aliphatic rings. The Morgan fingerprint density at radius 2 is 1.77 bits per heavy atom. The summed E-state index contributed by atoms with van der Waals surface area (Å²) in [7, 11) is 1.62. The average molecular weight is 352 g/mol. The first-order chi connectivity index (χ1) is 12.6. The number of hydrogen-bond acceptors (Lipinski definition) is 5. The molecule has 1 atom stereocenters. The number of phenolic OH excluding ortho intramolecular Hbond substituents is 1. The summed E-state index contributed by atoms with van der Waals surface area (Å²) in [5.41, 5.74) is 1.44. The number of ether oxygens (including phenoxy) is 3. The Bertz CT molecular complexity index is 803. The minimum absolute atomic E-state index is 0.114. The van der Waals surface area contributed by atoms with Crippen molar-refractivity contribution in [2.45, 2.75) is 12.5 Å². The number of carbonyl (C=O) groups is 1. The van der Waals surface area contributed by atoms with Gasteiger partial charge >= 0.3 is 5.97 Å². The van der Waals surface area contributed by atoms with E-state index in [1.165, 1.54) is 24.3 Å². The highest BCUT2D eigenvalue weighted by Gasteiger charge is 2.15. The molecule has 0 radical (unpaired) electrons. The van der Waals surface area contributed by atoms with Crippen LogP contribution in [0.3, 0.4) is 0 Å². The van der Waals surface area contributed by atoms with E-state index in [4.69, 9.17) is 14.2 Å². The molecule has 1 N–H and O–H groups in total. The molecule has 0 saturated heterocycles. The van der Waals surface area contributed by atoms with Crippen LogP contribution in [-0.2, 0) is 4.74 Å². The van der Waals surface area contributed by atoms with Crippen LogP contribution in [0.5, 0.6) is 17.2 Å². The normalized spacial score (nSPS) is 15.9. The predicted octanol–water partition coefficient (Wildman–Crippen LogP) is 3.89. The van der Waals surface area contributed by atoms with E-state index in [-0.39, 0.29) is 11.9 Å². The van der Waals surface area contributed by atoms with E-state index in [1.807, 2.05) is 42.5 Å². The molecule has 0 amide bonds. The zero-order valence-corrected chi connectivity index (χ0v) is 14.4. The third-order valence-corrected chi connectivity index (χ3v) is 3.96. The standard InChI is InChI=1S/C21H20O5/c1-24-18-10-12-19(13-11-18)25-14-15-2-8-20(9-3-15)26-21(23)16-4-6-17(22)7-5-16/h2-8,10-13,20,22H,9,14H2,1H3. The quantitative estimate of drug-likeness (QED) is 0.799. The van der Waals surface area contributed by atoms with Crippen LogP contribution in [-0.4, -0.2) is 30.9 Å². The first kappa shape index (κ1) is 17.6. The lowest BCUT2D eigenvalue weighted by Crippen LogP contribution is -2.18. The molecule has 134 valence electrons. The number of carbonyl (C=O) groups excluding carboxylic acids is 1. The van der Waals surface area contributed by atoms with Crippen molar-refractivity contribution < 1.29 is 24.1 Å². The molecule has 0 saturated carbocycles. The van der Waals surface area contributed by atoms with Crippen molar-refractivity contribution in [3.8, 4) is 17.2 Å². The molecule has 0 aliphatic heterocycles. The van der Waals surface area contributed by atoms with Crippen molar-refractivity contribution in [2.24, 2.45) is 0 Å². The van der Waals surface area contributed by atoms with Crippen LogP contribution in [0, 0.1) is 0 Å². The zero-order chi connectivity index (χ0) is 18.4. The molecule has 1 unspecified atom stereocenters. The van der Waals surface area contributed by atoms with Crippen LogP contribution < -0.4 is 9.47 Å². The number of hydrogen-bond donors (Lipinski definition) is 1. The lowest BCUT2D eigenvalue weighted by atomic mass is 10.1. The van der Waals surface area contributed by atoms with E-state index in [2.05, 4.69) is 0 Å². The molecule has 26 heavy (non-hydrogen) atoms. The van der Waals surface area contributed by atoms with E-state index < -0.39 is 5.97 Å². The summed E-state index contributed by atoms with van der Waals surface area (Å²) >= 11 is 0. The molecule has 0 spiro atoms. The minimum Gasteiger partial charge on any atom is -0.508 e. The second kappa shape index (κ2) is 8.25. The van der Waals surface area contributed by atoms with Gasteiger partial charge in [0.05, 0.1) is 12.7 Å². The van der Waals surface area contributed by atoms with Crippen molar-refractivity contribution in [3.05, 3.63) is 77.9 Å². The predicted molar refractivity (Wildman–Crippen MR) is 97.6 cm³/mol. The van der Waals surface area contributed by atoms with E-state index in [9.17, 15) is 9.90 Å². The molecule has 2 aromatic rings. The minimum atomic E-state index is -0.411. The lowest BCUT2D eigenvalue weighted by molar-refractivity contribution is 0.0397.